The molecule has 0 heterocycles. The highest BCUT2D eigenvalue weighted by Gasteiger charge is 2.16. The van der Waals surface area contributed by atoms with Gasteiger partial charge in [0, 0.05) is 11.1 Å². The Bertz CT molecular complexity index is 966. The number of carbonyl (C=O) groups excluding carboxylic acids is 1. The molecule has 0 aliphatic heterocycles. The topological polar surface area (TPSA) is 54.0 Å². The summed E-state index contributed by atoms with van der Waals surface area (Å²) in [6.07, 6.45) is 0. The van der Waals surface area contributed by atoms with E-state index in [0.717, 1.165) is 5.56 Å². The summed E-state index contributed by atoms with van der Waals surface area (Å²) in [7, 11) is 3.14. The molecule has 29 heavy (non-hydrogen) atoms. The standard InChI is InChI=1S/C24H24O5/c1-4-28-22-14-18(10-12-20(22)26-2)24(25)19-11-13-21(27-3)23(15-19)29-16-17-8-6-5-7-9-17/h5-15H,4,16H2,1-3H3. The fourth-order valence-electron chi connectivity index (χ4n) is 2.92. The van der Waals surface area contributed by atoms with Crippen LogP contribution in [0.1, 0.15) is 28.4 Å². The van der Waals surface area contributed by atoms with Crippen LogP contribution in [0.15, 0.2) is 66.7 Å². The Morgan fingerprint density at radius 2 is 1.28 bits per heavy atom. The molecule has 150 valence electrons. The first-order valence-corrected chi connectivity index (χ1v) is 9.36. The van der Waals surface area contributed by atoms with Crippen LogP contribution < -0.4 is 18.9 Å². The van der Waals surface area contributed by atoms with E-state index in [1.807, 2.05) is 37.3 Å². The lowest BCUT2D eigenvalue weighted by molar-refractivity contribution is 0.103. The van der Waals surface area contributed by atoms with E-state index in [-0.39, 0.29) is 5.78 Å². The minimum atomic E-state index is -0.138. The van der Waals surface area contributed by atoms with E-state index >= 15 is 0 Å². The first-order chi connectivity index (χ1) is 14.2. The highest BCUT2D eigenvalue weighted by Crippen LogP contribution is 2.32. The van der Waals surface area contributed by atoms with Crippen LogP contribution in [0.25, 0.3) is 0 Å². The lowest BCUT2D eigenvalue weighted by Gasteiger charge is -2.13. The van der Waals surface area contributed by atoms with Crippen molar-refractivity contribution in [2.24, 2.45) is 0 Å². The van der Waals surface area contributed by atoms with Gasteiger partial charge in [0.2, 0.25) is 0 Å². The zero-order valence-corrected chi connectivity index (χ0v) is 16.8. The summed E-state index contributed by atoms with van der Waals surface area (Å²) in [5.74, 6) is 2.07. The molecule has 5 nitrogen and oxygen atoms in total. The maximum absolute atomic E-state index is 13.0. The minimum Gasteiger partial charge on any atom is -0.493 e. The molecule has 0 saturated carbocycles. The molecule has 0 N–H and O–H groups in total. The molecule has 3 aromatic rings. The van der Waals surface area contributed by atoms with Crippen molar-refractivity contribution in [2.75, 3.05) is 20.8 Å². The summed E-state index contributed by atoms with van der Waals surface area (Å²) in [4.78, 5) is 13.0. The molecule has 0 saturated heterocycles. The van der Waals surface area contributed by atoms with Gasteiger partial charge in [0.25, 0.3) is 0 Å². The maximum atomic E-state index is 13.0. The lowest BCUT2D eigenvalue weighted by Crippen LogP contribution is -2.05. The molecule has 3 aromatic carbocycles. The van der Waals surface area contributed by atoms with Gasteiger partial charge in [-0.05, 0) is 48.9 Å². The number of ether oxygens (including phenoxy) is 4. The molecule has 0 atom stereocenters. The third kappa shape index (κ3) is 4.88. The van der Waals surface area contributed by atoms with Gasteiger partial charge in [-0.25, -0.2) is 0 Å². The molecule has 0 bridgehead atoms. The first-order valence-electron chi connectivity index (χ1n) is 9.36. The van der Waals surface area contributed by atoms with E-state index in [4.69, 9.17) is 18.9 Å². The van der Waals surface area contributed by atoms with Gasteiger partial charge in [-0.2, -0.15) is 0 Å². The van der Waals surface area contributed by atoms with Gasteiger partial charge in [-0.3, -0.25) is 4.79 Å². The predicted octanol–water partition coefficient (Wildman–Crippen LogP) is 4.91. The summed E-state index contributed by atoms with van der Waals surface area (Å²) in [6.45, 7) is 2.74. The number of benzene rings is 3. The highest BCUT2D eigenvalue weighted by molar-refractivity contribution is 6.09. The summed E-state index contributed by atoms with van der Waals surface area (Å²) < 4.78 is 22.2. The van der Waals surface area contributed by atoms with E-state index in [9.17, 15) is 4.79 Å². The Labute approximate surface area is 170 Å². The molecule has 0 fully saturated rings. The van der Waals surface area contributed by atoms with Gasteiger partial charge in [0.05, 0.1) is 20.8 Å². The highest BCUT2D eigenvalue weighted by atomic mass is 16.5. The van der Waals surface area contributed by atoms with Crippen LogP contribution in [0.2, 0.25) is 0 Å². The van der Waals surface area contributed by atoms with Crippen LogP contribution in [0, 0.1) is 0 Å². The van der Waals surface area contributed by atoms with Crippen LogP contribution in [0.5, 0.6) is 23.0 Å². The van der Waals surface area contributed by atoms with Crippen LogP contribution in [-0.2, 0) is 6.61 Å². The van der Waals surface area contributed by atoms with Crippen molar-refractivity contribution in [1.82, 2.24) is 0 Å². The van der Waals surface area contributed by atoms with Crippen molar-refractivity contribution in [3.05, 3.63) is 83.4 Å². The third-order valence-electron chi connectivity index (χ3n) is 4.39. The average molecular weight is 392 g/mol. The van der Waals surface area contributed by atoms with Gasteiger partial charge in [-0.1, -0.05) is 30.3 Å². The molecule has 0 unspecified atom stereocenters. The van der Waals surface area contributed by atoms with E-state index in [0.29, 0.717) is 47.3 Å². The fourth-order valence-corrected chi connectivity index (χ4v) is 2.92. The molecule has 0 spiro atoms. The Balaban J connectivity index is 1.86. The largest absolute Gasteiger partial charge is 0.493 e. The van der Waals surface area contributed by atoms with Crippen LogP contribution in [0.4, 0.5) is 0 Å². The zero-order valence-electron chi connectivity index (χ0n) is 16.8. The van der Waals surface area contributed by atoms with Crippen molar-refractivity contribution < 1.29 is 23.7 Å². The van der Waals surface area contributed by atoms with Gasteiger partial charge < -0.3 is 18.9 Å². The van der Waals surface area contributed by atoms with Gasteiger partial charge >= 0.3 is 0 Å². The van der Waals surface area contributed by atoms with Crippen molar-refractivity contribution in [3.63, 3.8) is 0 Å². The molecular weight excluding hydrogens is 368 g/mol. The second kappa shape index (κ2) is 9.64. The number of ketones is 1. The van der Waals surface area contributed by atoms with Crippen LogP contribution in [-0.4, -0.2) is 26.6 Å². The quantitative estimate of drug-likeness (QED) is 0.484. The van der Waals surface area contributed by atoms with E-state index in [2.05, 4.69) is 0 Å². The Hall–Kier alpha value is -3.47. The zero-order chi connectivity index (χ0) is 20.6. The molecule has 0 radical (unpaired) electrons. The van der Waals surface area contributed by atoms with Gasteiger partial charge in [-0.15, -0.1) is 0 Å². The molecule has 0 amide bonds. The first kappa shape index (κ1) is 20.3. The number of carbonyl (C=O) groups is 1. The lowest BCUT2D eigenvalue weighted by atomic mass is 10.0. The van der Waals surface area contributed by atoms with Crippen LogP contribution >= 0.6 is 0 Å². The van der Waals surface area contributed by atoms with E-state index in [1.54, 1.807) is 50.6 Å². The number of hydrogen-bond donors (Lipinski definition) is 0. The predicted molar refractivity (Wildman–Crippen MR) is 111 cm³/mol. The smallest absolute Gasteiger partial charge is 0.193 e. The summed E-state index contributed by atoms with van der Waals surface area (Å²) in [6, 6.07) is 20.1. The third-order valence-corrected chi connectivity index (χ3v) is 4.39. The molecule has 3 rings (SSSR count). The van der Waals surface area contributed by atoms with Gasteiger partial charge in [0.15, 0.2) is 28.8 Å². The molecule has 0 aliphatic carbocycles. The monoisotopic (exact) mass is 392 g/mol. The Morgan fingerprint density at radius 3 is 1.79 bits per heavy atom. The molecular formula is C24H24O5. The number of rotatable bonds is 9. The second-order valence-corrected chi connectivity index (χ2v) is 6.27. The summed E-state index contributed by atoms with van der Waals surface area (Å²) in [5.41, 5.74) is 2.04. The second-order valence-electron chi connectivity index (χ2n) is 6.27. The molecule has 0 aromatic heterocycles. The SMILES string of the molecule is CCOc1cc(C(=O)c2ccc(OC)c(OCc3ccccc3)c2)ccc1OC. The van der Waals surface area contributed by atoms with E-state index in [1.165, 1.54) is 0 Å². The fraction of sp³-hybridized carbons (Fsp3) is 0.208. The van der Waals surface area contributed by atoms with Crippen molar-refractivity contribution in [2.45, 2.75) is 13.5 Å². The van der Waals surface area contributed by atoms with Crippen molar-refractivity contribution >= 4 is 5.78 Å². The summed E-state index contributed by atoms with van der Waals surface area (Å²) in [5, 5.41) is 0. The number of hydrogen-bond acceptors (Lipinski definition) is 5. The number of methoxy groups -OCH3 is 2. The van der Waals surface area contributed by atoms with E-state index < -0.39 is 0 Å². The van der Waals surface area contributed by atoms with Crippen LogP contribution in [0.3, 0.4) is 0 Å². The molecule has 5 heteroatoms. The maximum Gasteiger partial charge on any atom is 0.193 e. The Kier molecular flexibility index (Phi) is 6.74. The van der Waals surface area contributed by atoms with Crippen molar-refractivity contribution in [1.29, 1.82) is 0 Å². The normalized spacial score (nSPS) is 10.3. The van der Waals surface area contributed by atoms with Gasteiger partial charge in [0.1, 0.15) is 6.61 Å². The average Bonchev–Trinajstić information content (AvgIpc) is 2.78. The summed E-state index contributed by atoms with van der Waals surface area (Å²) >= 11 is 0. The Morgan fingerprint density at radius 1 is 0.724 bits per heavy atom. The molecule has 0 aliphatic rings. The van der Waals surface area contributed by atoms with Crippen molar-refractivity contribution in [3.8, 4) is 23.0 Å². The minimum absolute atomic E-state index is 0.138.